The topological polar surface area (TPSA) is 141 Å². The molecule has 4 N–H and O–H groups in total. The van der Waals surface area contributed by atoms with Crippen molar-refractivity contribution in [2.75, 3.05) is 0 Å². The predicted octanol–water partition coefficient (Wildman–Crippen LogP) is 6.31. The maximum Gasteiger partial charge on any atom is 0.326 e. The summed E-state index contributed by atoms with van der Waals surface area (Å²) in [4.78, 5) is 44.0. The van der Waals surface area contributed by atoms with E-state index >= 15 is 0 Å². The largest absolute Gasteiger partial charge is 0.481 e. The van der Waals surface area contributed by atoms with E-state index in [0.29, 0.717) is 6.42 Å². The number of carboxylic acids is 3. The molecule has 8 heteroatoms. The summed E-state index contributed by atoms with van der Waals surface area (Å²) in [6.45, 7) is 0. The van der Waals surface area contributed by atoms with Gasteiger partial charge in [0.25, 0.3) is 0 Å². The van der Waals surface area contributed by atoms with Gasteiger partial charge in [0.05, 0.1) is 0 Å². The zero-order chi connectivity index (χ0) is 26.2. The summed E-state index contributed by atoms with van der Waals surface area (Å²) in [5.74, 6) is -3.28. The molecule has 0 aromatic heterocycles. The second-order valence-corrected chi connectivity index (χ2v) is 9.65. The van der Waals surface area contributed by atoms with Crippen LogP contribution in [0.3, 0.4) is 0 Å². The van der Waals surface area contributed by atoms with Gasteiger partial charge in [-0.15, -0.1) is 0 Å². The van der Waals surface area contributed by atoms with E-state index in [1.54, 1.807) is 0 Å². The molecule has 0 aromatic rings. The lowest BCUT2D eigenvalue weighted by atomic mass is 10.0. The lowest BCUT2D eigenvalue weighted by Crippen LogP contribution is -2.41. The molecule has 0 spiro atoms. The van der Waals surface area contributed by atoms with Gasteiger partial charge in [0, 0.05) is 19.3 Å². The fraction of sp³-hybridized carbons (Fsp3) is 0.852. The molecule has 0 aromatic carbocycles. The van der Waals surface area contributed by atoms with Crippen LogP contribution in [0, 0.1) is 0 Å². The third-order valence-electron chi connectivity index (χ3n) is 6.32. The summed E-state index contributed by atoms with van der Waals surface area (Å²) in [5.41, 5.74) is 0. The van der Waals surface area contributed by atoms with Gasteiger partial charge in [-0.25, -0.2) is 4.79 Å². The fourth-order valence-corrected chi connectivity index (χ4v) is 4.18. The Kier molecular flexibility index (Phi) is 22.2. The Bertz CT molecular complexity index is 580. The number of hydrogen-bond donors (Lipinski definition) is 4. The van der Waals surface area contributed by atoms with Crippen LogP contribution in [-0.2, 0) is 19.2 Å². The van der Waals surface area contributed by atoms with Gasteiger partial charge in [-0.1, -0.05) is 103 Å². The van der Waals surface area contributed by atoms with Gasteiger partial charge in [0.15, 0.2) is 0 Å². The van der Waals surface area contributed by atoms with Crippen molar-refractivity contribution in [2.24, 2.45) is 0 Å². The van der Waals surface area contributed by atoms with Crippen LogP contribution in [0.4, 0.5) is 0 Å². The van der Waals surface area contributed by atoms with E-state index in [1.807, 2.05) is 0 Å². The van der Waals surface area contributed by atoms with Crippen LogP contribution in [0.15, 0.2) is 0 Å². The first kappa shape index (κ1) is 32.9. The zero-order valence-corrected chi connectivity index (χ0v) is 21.6. The lowest BCUT2D eigenvalue weighted by Gasteiger charge is -2.13. The zero-order valence-electron chi connectivity index (χ0n) is 21.6. The van der Waals surface area contributed by atoms with Crippen LogP contribution in [0.2, 0.25) is 0 Å². The molecule has 0 heterocycles. The maximum atomic E-state index is 11.9. The highest BCUT2D eigenvalue weighted by Gasteiger charge is 2.20. The third kappa shape index (κ3) is 24.8. The van der Waals surface area contributed by atoms with E-state index in [1.165, 1.54) is 70.6 Å². The molecular weight excluding hydrogens is 450 g/mol. The molecule has 0 aliphatic carbocycles. The van der Waals surface area contributed by atoms with E-state index in [9.17, 15) is 19.2 Å². The summed E-state index contributed by atoms with van der Waals surface area (Å²) < 4.78 is 0. The number of nitrogens with one attached hydrogen (secondary N) is 1. The van der Waals surface area contributed by atoms with Crippen molar-refractivity contribution in [3.63, 3.8) is 0 Å². The van der Waals surface area contributed by atoms with Crippen molar-refractivity contribution in [3.05, 3.63) is 0 Å². The molecule has 0 saturated carbocycles. The number of carboxylic acid groups (broad SMARTS) is 3. The highest BCUT2D eigenvalue weighted by Crippen LogP contribution is 2.15. The Hall–Kier alpha value is -2.12. The number of carbonyl (C=O) groups is 4. The Balaban J connectivity index is 3.35. The van der Waals surface area contributed by atoms with Crippen LogP contribution in [-0.4, -0.2) is 45.2 Å². The molecule has 0 aliphatic heterocycles. The average Bonchev–Trinajstić information content (AvgIpc) is 2.79. The Morgan fingerprint density at radius 1 is 0.457 bits per heavy atom. The summed E-state index contributed by atoms with van der Waals surface area (Å²) >= 11 is 0. The molecule has 0 aliphatic rings. The smallest absolute Gasteiger partial charge is 0.326 e. The molecule has 204 valence electrons. The monoisotopic (exact) mass is 499 g/mol. The van der Waals surface area contributed by atoms with E-state index in [-0.39, 0.29) is 25.2 Å². The predicted molar refractivity (Wildman–Crippen MR) is 136 cm³/mol. The van der Waals surface area contributed by atoms with Crippen molar-refractivity contribution in [1.29, 1.82) is 0 Å². The van der Waals surface area contributed by atoms with Crippen molar-refractivity contribution in [1.82, 2.24) is 5.32 Å². The van der Waals surface area contributed by atoms with Crippen LogP contribution in [0.5, 0.6) is 0 Å². The third-order valence-corrected chi connectivity index (χ3v) is 6.32. The minimum atomic E-state index is -1.20. The van der Waals surface area contributed by atoms with E-state index in [2.05, 4.69) is 5.32 Å². The normalized spacial score (nSPS) is 11.8. The van der Waals surface area contributed by atoms with Gasteiger partial charge in [0.2, 0.25) is 5.91 Å². The molecule has 35 heavy (non-hydrogen) atoms. The number of unbranched alkanes of at least 4 members (excludes halogenated alkanes) is 17. The maximum absolute atomic E-state index is 11.9. The first-order valence-corrected chi connectivity index (χ1v) is 13.8. The molecule has 8 nitrogen and oxygen atoms in total. The second kappa shape index (κ2) is 23.6. The van der Waals surface area contributed by atoms with Gasteiger partial charge in [-0.05, 0) is 19.3 Å². The number of hydrogen-bond acceptors (Lipinski definition) is 4. The van der Waals surface area contributed by atoms with Crippen molar-refractivity contribution < 1.29 is 34.5 Å². The minimum absolute atomic E-state index is 0.102. The molecule has 0 rings (SSSR count). The average molecular weight is 500 g/mol. The van der Waals surface area contributed by atoms with E-state index in [4.69, 9.17) is 15.3 Å². The van der Waals surface area contributed by atoms with Gasteiger partial charge in [-0.3, -0.25) is 14.4 Å². The van der Waals surface area contributed by atoms with Crippen LogP contribution in [0.25, 0.3) is 0 Å². The number of amides is 1. The fourth-order valence-electron chi connectivity index (χ4n) is 4.18. The highest BCUT2D eigenvalue weighted by atomic mass is 16.4. The van der Waals surface area contributed by atoms with Crippen molar-refractivity contribution in [2.45, 2.75) is 147 Å². The summed E-state index contributed by atoms with van der Waals surface area (Å²) in [5, 5.41) is 28.7. The molecule has 1 atom stereocenters. The molecule has 0 bridgehead atoms. The minimum Gasteiger partial charge on any atom is -0.481 e. The number of carbonyl (C=O) groups excluding carboxylic acids is 1. The molecule has 1 amide bonds. The Morgan fingerprint density at radius 2 is 0.771 bits per heavy atom. The second-order valence-electron chi connectivity index (χ2n) is 9.65. The summed E-state index contributed by atoms with van der Waals surface area (Å²) in [6.07, 6.45) is 21.2. The number of rotatable bonds is 26. The van der Waals surface area contributed by atoms with Gasteiger partial charge < -0.3 is 20.6 Å². The van der Waals surface area contributed by atoms with E-state index in [0.717, 1.165) is 44.9 Å². The standard InChI is InChI=1S/C27H49NO7/c29-24(28-23(27(34)35)21-22-26(32)33)19-17-15-13-11-9-7-5-3-1-2-4-6-8-10-12-14-16-18-20-25(30)31/h23H,1-22H2,(H,28,29)(H,30,31)(H,32,33)(H,34,35)/t23-/m0/s1. The van der Waals surface area contributed by atoms with E-state index < -0.39 is 23.9 Å². The van der Waals surface area contributed by atoms with Crippen LogP contribution < -0.4 is 5.32 Å². The summed E-state index contributed by atoms with van der Waals surface area (Å²) in [7, 11) is 0. The molecule has 0 radical (unpaired) electrons. The lowest BCUT2D eigenvalue weighted by molar-refractivity contribution is -0.143. The molecular formula is C27H49NO7. The highest BCUT2D eigenvalue weighted by molar-refractivity contribution is 5.83. The van der Waals surface area contributed by atoms with Crippen LogP contribution >= 0.6 is 0 Å². The Morgan fingerprint density at radius 3 is 1.09 bits per heavy atom. The van der Waals surface area contributed by atoms with Crippen molar-refractivity contribution >= 4 is 23.8 Å². The SMILES string of the molecule is O=C(O)CCCCCCCCCCCCCCCCCCCCC(=O)N[C@@H](CCC(=O)O)C(=O)O. The molecule has 0 saturated heterocycles. The first-order chi connectivity index (χ1) is 16.8. The number of aliphatic carboxylic acids is 3. The molecule has 0 unspecified atom stereocenters. The Labute approximate surface area is 211 Å². The first-order valence-electron chi connectivity index (χ1n) is 13.8. The molecule has 0 fully saturated rings. The van der Waals surface area contributed by atoms with Crippen LogP contribution in [0.1, 0.15) is 141 Å². The van der Waals surface area contributed by atoms with Gasteiger partial charge in [0.1, 0.15) is 6.04 Å². The van der Waals surface area contributed by atoms with Gasteiger partial charge in [-0.2, -0.15) is 0 Å². The quantitative estimate of drug-likeness (QED) is 0.102. The van der Waals surface area contributed by atoms with Crippen molar-refractivity contribution in [3.8, 4) is 0 Å². The van der Waals surface area contributed by atoms with Gasteiger partial charge >= 0.3 is 17.9 Å². The summed E-state index contributed by atoms with van der Waals surface area (Å²) in [6, 6.07) is -1.13.